The van der Waals surface area contributed by atoms with Gasteiger partial charge >= 0.3 is 5.97 Å². The van der Waals surface area contributed by atoms with Crippen molar-refractivity contribution >= 4 is 17.6 Å². The molecule has 0 atom stereocenters. The summed E-state index contributed by atoms with van der Waals surface area (Å²) < 4.78 is 23.2. The average molecular weight is 387 g/mol. The van der Waals surface area contributed by atoms with E-state index in [0.717, 1.165) is 22.9 Å². The number of anilines is 1. The van der Waals surface area contributed by atoms with Crippen molar-refractivity contribution < 1.29 is 23.5 Å². The Bertz CT molecular complexity index is 807. The van der Waals surface area contributed by atoms with Crippen molar-refractivity contribution in [2.75, 3.05) is 18.5 Å². The van der Waals surface area contributed by atoms with E-state index in [0.29, 0.717) is 0 Å². The van der Waals surface area contributed by atoms with Crippen molar-refractivity contribution in [3.63, 3.8) is 0 Å². The Hall–Kier alpha value is -2.89. The average Bonchev–Trinajstić information content (AvgIpc) is 2.64. The maximum Gasteiger partial charge on any atom is 0.344 e. The van der Waals surface area contributed by atoms with Gasteiger partial charge in [-0.3, -0.25) is 4.79 Å². The number of carbonyl (C=O) groups is 2. The number of para-hydroxylation sites is 1. The van der Waals surface area contributed by atoms with Gasteiger partial charge in [-0.2, -0.15) is 0 Å². The highest BCUT2D eigenvalue weighted by Crippen LogP contribution is 2.32. The zero-order valence-corrected chi connectivity index (χ0v) is 16.6. The first-order valence-electron chi connectivity index (χ1n) is 9.24. The molecule has 0 aliphatic rings. The molecule has 1 N–H and O–H groups in total. The monoisotopic (exact) mass is 387 g/mol. The Labute approximate surface area is 164 Å². The first-order valence-corrected chi connectivity index (χ1v) is 9.24. The van der Waals surface area contributed by atoms with Crippen LogP contribution in [-0.2, 0) is 14.3 Å². The van der Waals surface area contributed by atoms with Gasteiger partial charge < -0.3 is 14.8 Å². The smallest absolute Gasteiger partial charge is 0.344 e. The number of esters is 1. The lowest BCUT2D eigenvalue weighted by atomic mass is 9.92. The van der Waals surface area contributed by atoms with Crippen LogP contribution in [0.5, 0.6) is 5.75 Å². The number of rotatable bonds is 8. The van der Waals surface area contributed by atoms with Crippen molar-refractivity contribution in [3.05, 3.63) is 59.4 Å². The molecule has 6 heteroatoms. The third-order valence-corrected chi connectivity index (χ3v) is 4.15. The minimum atomic E-state index is -0.708. The molecular formula is C22H26FNO4. The molecule has 0 aliphatic heterocycles. The van der Waals surface area contributed by atoms with E-state index in [2.05, 4.69) is 33.0 Å². The van der Waals surface area contributed by atoms with Crippen LogP contribution in [-0.4, -0.2) is 25.1 Å². The van der Waals surface area contributed by atoms with Gasteiger partial charge in [-0.15, -0.1) is 0 Å². The lowest BCUT2D eigenvalue weighted by Crippen LogP contribution is -2.24. The Balaban J connectivity index is 1.92. The third-order valence-electron chi connectivity index (χ3n) is 4.15. The maximum atomic E-state index is 13.1. The van der Waals surface area contributed by atoms with E-state index in [1.54, 1.807) is 0 Å². The van der Waals surface area contributed by atoms with Crippen molar-refractivity contribution in [3.8, 4) is 5.75 Å². The molecule has 2 aromatic rings. The minimum Gasteiger partial charge on any atom is -0.482 e. The zero-order chi connectivity index (χ0) is 20.7. The number of benzene rings is 2. The largest absolute Gasteiger partial charge is 0.482 e. The van der Waals surface area contributed by atoms with Crippen LogP contribution in [0.15, 0.2) is 42.5 Å². The summed E-state index contributed by atoms with van der Waals surface area (Å²) in [7, 11) is 0. The summed E-state index contributed by atoms with van der Waals surface area (Å²) in [6.45, 7) is 7.39. The van der Waals surface area contributed by atoms with E-state index in [4.69, 9.17) is 9.47 Å². The molecule has 2 rings (SSSR count). The molecule has 5 nitrogen and oxygen atoms in total. The molecule has 0 spiro atoms. The minimum absolute atomic E-state index is 0.217. The molecule has 2 aromatic carbocycles. The lowest BCUT2D eigenvalue weighted by Gasteiger charge is -2.20. The van der Waals surface area contributed by atoms with E-state index in [1.807, 2.05) is 18.2 Å². The van der Waals surface area contributed by atoms with E-state index in [9.17, 15) is 14.0 Å². The second-order valence-corrected chi connectivity index (χ2v) is 7.08. The van der Waals surface area contributed by atoms with Gasteiger partial charge in [-0.05, 0) is 35.1 Å². The summed E-state index contributed by atoms with van der Waals surface area (Å²) >= 11 is 0. The molecule has 0 saturated carbocycles. The SMILES string of the molecule is CC(C)c1cccc(C(C)C)c1NC(=O)COC(=O)COc1cccc(F)c1. The van der Waals surface area contributed by atoms with Gasteiger partial charge in [-0.25, -0.2) is 9.18 Å². The van der Waals surface area contributed by atoms with Crippen molar-refractivity contribution in [1.29, 1.82) is 0 Å². The van der Waals surface area contributed by atoms with Gasteiger partial charge in [-0.1, -0.05) is 52.0 Å². The number of halogens is 1. The molecule has 150 valence electrons. The number of hydrogen-bond acceptors (Lipinski definition) is 4. The van der Waals surface area contributed by atoms with Gasteiger partial charge in [0.1, 0.15) is 11.6 Å². The summed E-state index contributed by atoms with van der Waals surface area (Å²) in [6, 6.07) is 11.4. The number of nitrogens with one attached hydrogen (secondary N) is 1. The van der Waals surface area contributed by atoms with Crippen LogP contribution in [0.1, 0.15) is 50.7 Å². The third kappa shape index (κ3) is 6.08. The highest BCUT2D eigenvalue weighted by atomic mass is 19.1. The molecule has 0 heterocycles. The summed E-state index contributed by atoms with van der Waals surface area (Å²) in [4.78, 5) is 24.1. The first-order chi connectivity index (χ1) is 13.3. The van der Waals surface area contributed by atoms with Gasteiger partial charge in [0, 0.05) is 11.8 Å². The van der Waals surface area contributed by atoms with Gasteiger partial charge in [0.05, 0.1) is 0 Å². The number of ether oxygens (including phenoxy) is 2. The highest BCUT2D eigenvalue weighted by molar-refractivity contribution is 5.94. The number of hydrogen-bond donors (Lipinski definition) is 1. The fourth-order valence-corrected chi connectivity index (χ4v) is 2.76. The van der Waals surface area contributed by atoms with Crippen molar-refractivity contribution in [2.24, 2.45) is 0 Å². The van der Waals surface area contributed by atoms with Gasteiger partial charge in [0.15, 0.2) is 13.2 Å². The molecule has 0 radical (unpaired) electrons. The summed E-state index contributed by atoms with van der Waals surface area (Å²) in [5.74, 6) is -0.911. The quantitative estimate of drug-likeness (QED) is 0.671. The van der Waals surface area contributed by atoms with Gasteiger partial charge in [0.25, 0.3) is 5.91 Å². The van der Waals surface area contributed by atoms with Crippen LogP contribution in [0, 0.1) is 5.82 Å². The van der Waals surface area contributed by atoms with E-state index in [-0.39, 0.29) is 17.6 Å². The Kier molecular flexibility index (Phi) is 7.55. The maximum absolute atomic E-state index is 13.1. The van der Waals surface area contributed by atoms with E-state index < -0.39 is 30.9 Å². The molecule has 0 saturated heterocycles. The predicted octanol–water partition coefficient (Wildman–Crippen LogP) is 4.63. The molecule has 0 unspecified atom stereocenters. The van der Waals surface area contributed by atoms with Gasteiger partial charge in [0.2, 0.25) is 0 Å². The molecule has 0 bridgehead atoms. The molecular weight excluding hydrogens is 361 g/mol. The zero-order valence-electron chi connectivity index (χ0n) is 16.6. The first kappa shape index (κ1) is 21.4. The second kappa shape index (κ2) is 9.88. The van der Waals surface area contributed by atoms with Crippen LogP contribution < -0.4 is 10.1 Å². The molecule has 1 amide bonds. The summed E-state index contributed by atoms with van der Waals surface area (Å²) in [5.41, 5.74) is 2.82. The normalized spacial score (nSPS) is 10.8. The van der Waals surface area contributed by atoms with Crippen molar-refractivity contribution in [2.45, 2.75) is 39.5 Å². The van der Waals surface area contributed by atoms with E-state index in [1.165, 1.54) is 18.2 Å². The Morgan fingerprint density at radius 1 is 0.964 bits per heavy atom. The lowest BCUT2D eigenvalue weighted by molar-refractivity contribution is -0.149. The highest BCUT2D eigenvalue weighted by Gasteiger charge is 2.17. The Morgan fingerprint density at radius 3 is 2.14 bits per heavy atom. The second-order valence-electron chi connectivity index (χ2n) is 7.08. The van der Waals surface area contributed by atoms with Crippen LogP contribution in [0.2, 0.25) is 0 Å². The van der Waals surface area contributed by atoms with E-state index >= 15 is 0 Å². The topological polar surface area (TPSA) is 64.6 Å². The summed E-state index contributed by atoms with van der Waals surface area (Å²) in [5, 5.41) is 2.87. The van der Waals surface area contributed by atoms with Crippen LogP contribution in [0.4, 0.5) is 10.1 Å². The predicted molar refractivity (Wildman–Crippen MR) is 106 cm³/mol. The standard InChI is InChI=1S/C22H26FNO4/c1-14(2)18-9-6-10-19(15(3)4)22(18)24-20(25)12-28-21(26)13-27-17-8-5-7-16(23)11-17/h5-11,14-15H,12-13H2,1-4H3,(H,24,25). The molecule has 0 aliphatic carbocycles. The van der Waals surface area contributed by atoms with Crippen molar-refractivity contribution in [1.82, 2.24) is 0 Å². The fourth-order valence-electron chi connectivity index (χ4n) is 2.76. The number of carbonyl (C=O) groups excluding carboxylic acids is 2. The van der Waals surface area contributed by atoms with Crippen LogP contribution >= 0.6 is 0 Å². The molecule has 0 aromatic heterocycles. The fraction of sp³-hybridized carbons (Fsp3) is 0.364. The molecule has 28 heavy (non-hydrogen) atoms. The number of amides is 1. The molecule has 0 fully saturated rings. The van der Waals surface area contributed by atoms with Crippen LogP contribution in [0.25, 0.3) is 0 Å². The summed E-state index contributed by atoms with van der Waals surface area (Å²) in [6.07, 6.45) is 0. The Morgan fingerprint density at radius 2 is 1.57 bits per heavy atom. The van der Waals surface area contributed by atoms with Crippen LogP contribution in [0.3, 0.4) is 0 Å².